The molecule has 0 spiro atoms. The van der Waals surface area contributed by atoms with E-state index in [2.05, 4.69) is 17.3 Å². The van der Waals surface area contributed by atoms with Gasteiger partial charge in [-0.2, -0.15) is 18.3 Å². The van der Waals surface area contributed by atoms with E-state index < -0.39 is 11.7 Å². The molecule has 0 radical (unpaired) electrons. The molecule has 1 aromatic heterocycles. The second-order valence-electron chi connectivity index (χ2n) is 4.47. The lowest BCUT2D eigenvalue weighted by Crippen LogP contribution is -2.14. The first-order chi connectivity index (χ1) is 9.50. The van der Waals surface area contributed by atoms with Crippen molar-refractivity contribution in [3.63, 3.8) is 0 Å². The minimum absolute atomic E-state index is 0.611. The summed E-state index contributed by atoms with van der Waals surface area (Å²) in [5, 5.41) is 7.54. The second kappa shape index (κ2) is 6.09. The van der Waals surface area contributed by atoms with E-state index in [0.717, 1.165) is 30.8 Å². The van der Waals surface area contributed by atoms with Gasteiger partial charge < -0.3 is 5.32 Å². The van der Waals surface area contributed by atoms with Crippen molar-refractivity contribution in [2.75, 3.05) is 6.54 Å². The molecule has 0 bridgehead atoms. The number of hydrogen-bond donors (Lipinski definition) is 1. The van der Waals surface area contributed by atoms with Crippen LogP contribution in [-0.2, 0) is 12.7 Å². The Morgan fingerprint density at radius 3 is 2.45 bits per heavy atom. The van der Waals surface area contributed by atoms with E-state index in [1.807, 2.05) is 6.07 Å². The van der Waals surface area contributed by atoms with Crippen LogP contribution in [0.2, 0.25) is 0 Å². The smallest absolute Gasteiger partial charge is 0.311 e. The van der Waals surface area contributed by atoms with Crippen LogP contribution >= 0.6 is 0 Å². The molecule has 0 saturated carbocycles. The summed E-state index contributed by atoms with van der Waals surface area (Å²) in [4.78, 5) is 0. The lowest BCUT2D eigenvalue weighted by molar-refractivity contribution is -0.137. The molecule has 3 nitrogen and oxygen atoms in total. The van der Waals surface area contributed by atoms with Gasteiger partial charge >= 0.3 is 6.18 Å². The van der Waals surface area contributed by atoms with Gasteiger partial charge in [-0.1, -0.05) is 6.92 Å². The fourth-order valence-electron chi connectivity index (χ4n) is 1.80. The summed E-state index contributed by atoms with van der Waals surface area (Å²) in [7, 11) is 0. The summed E-state index contributed by atoms with van der Waals surface area (Å²) < 4.78 is 39.0. The Bertz CT molecular complexity index is 544. The van der Waals surface area contributed by atoms with Gasteiger partial charge in [0.05, 0.1) is 16.9 Å². The van der Waals surface area contributed by atoms with Crippen molar-refractivity contribution in [3.05, 3.63) is 47.8 Å². The van der Waals surface area contributed by atoms with Gasteiger partial charge in [0.2, 0.25) is 0 Å². The van der Waals surface area contributed by atoms with Gasteiger partial charge in [-0.25, -0.2) is 4.68 Å². The molecular weight excluding hydrogens is 267 g/mol. The Morgan fingerprint density at radius 2 is 1.85 bits per heavy atom. The lowest BCUT2D eigenvalue weighted by atomic mass is 10.2. The van der Waals surface area contributed by atoms with Crippen molar-refractivity contribution in [1.29, 1.82) is 0 Å². The Balaban J connectivity index is 2.08. The molecule has 1 heterocycles. The number of aromatic nitrogens is 2. The van der Waals surface area contributed by atoms with Crippen LogP contribution < -0.4 is 5.32 Å². The number of alkyl halides is 3. The van der Waals surface area contributed by atoms with Crippen LogP contribution in [0.5, 0.6) is 0 Å². The van der Waals surface area contributed by atoms with Crippen LogP contribution in [-0.4, -0.2) is 16.3 Å². The van der Waals surface area contributed by atoms with Gasteiger partial charge in [-0.15, -0.1) is 0 Å². The molecular formula is C14H16F3N3. The first kappa shape index (κ1) is 14.6. The fourth-order valence-corrected chi connectivity index (χ4v) is 1.80. The molecule has 0 amide bonds. The van der Waals surface area contributed by atoms with E-state index in [9.17, 15) is 13.2 Å². The molecule has 2 rings (SSSR count). The number of halogens is 3. The fraction of sp³-hybridized carbons (Fsp3) is 0.357. The third-order valence-electron chi connectivity index (χ3n) is 2.84. The molecule has 0 aliphatic rings. The van der Waals surface area contributed by atoms with Crippen LogP contribution in [0.15, 0.2) is 36.5 Å². The first-order valence-electron chi connectivity index (χ1n) is 6.43. The highest BCUT2D eigenvalue weighted by Gasteiger charge is 2.29. The quantitative estimate of drug-likeness (QED) is 0.852. The van der Waals surface area contributed by atoms with E-state index in [1.165, 1.54) is 12.1 Å². The monoisotopic (exact) mass is 283 g/mol. The maximum Gasteiger partial charge on any atom is 0.416 e. The molecule has 0 aliphatic carbocycles. The average Bonchev–Trinajstić information content (AvgIpc) is 2.87. The number of nitrogens with one attached hydrogen (secondary N) is 1. The maximum absolute atomic E-state index is 12.5. The first-order valence-corrected chi connectivity index (χ1v) is 6.43. The average molecular weight is 283 g/mol. The minimum Gasteiger partial charge on any atom is -0.311 e. The summed E-state index contributed by atoms with van der Waals surface area (Å²) in [6, 6.07) is 6.80. The summed E-state index contributed by atoms with van der Waals surface area (Å²) in [6.07, 6.45) is -1.52. The van der Waals surface area contributed by atoms with Crippen LogP contribution in [0.4, 0.5) is 13.2 Å². The van der Waals surface area contributed by atoms with E-state index in [-0.39, 0.29) is 0 Å². The summed E-state index contributed by atoms with van der Waals surface area (Å²) in [5.74, 6) is 0. The predicted octanol–water partition coefficient (Wildman–Crippen LogP) is 3.39. The lowest BCUT2D eigenvalue weighted by Gasteiger charge is -2.07. The minimum atomic E-state index is -4.31. The Morgan fingerprint density at radius 1 is 1.15 bits per heavy atom. The molecule has 0 unspecified atom stereocenters. The Kier molecular flexibility index (Phi) is 4.44. The molecule has 2 aromatic rings. The molecule has 0 aliphatic heterocycles. The summed E-state index contributed by atoms with van der Waals surface area (Å²) in [5.41, 5.74) is 0.816. The van der Waals surface area contributed by atoms with Gasteiger partial charge in [0, 0.05) is 12.7 Å². The van der Waals surface area contributed by atoms with Gasteiger partial charge in [0.25, 0.3) is 0 Å². The van der Waals surface area contributed by atoms with E-state index in [4.69, 9.17) is 0 Å². The largest absolute Gasteiger partial charge is 0.416 e. The van der Waals surface area contributed by atoms with Crippen LogP contribution in [0.25, 0.3) is 5.69 Å². The third kappa shape index (κ3) is 3.60. The van der Waals surface area contributed by atoms with Crippen molar-refractivity contribution in [1.82, 2.24) is 15.1 Å². The predicted molar refractivity (Wildman–Crippen MR) is 70.6 cm³/mol. The molecule has 1 aromatic carbocycles. The third-order valence-corrected chi connectivity index (χ3v) is 2.84. The molecule has 108 valence electrons. The topological polar surface area (TPSA) is 29.9 Å². The van der Waals surface area contributed by atoms with Crippen LogP contribution in [0.3, 0.4) is 0 Å². The number of rotatable bonds is 5. The van der Waals surface area contributed by atoms with Gasteiger partial charge in [-0.3, -0.25) is 0 Å². The van der Waals surface area contributed by atoms with E-state index >= 15 is 0 Å². The molecule has 20 heavy (non-hydrogen) atoms. The number of nitrogens with zero attached hydrogens (tertiary/aromatic N) is 2. The zero-order valence-electron chi connectivity index (χ0n) is 11.1. The highest BCUT2D eigenvalue weighted by Crippen LogP contribution is 2.29. The highest BCUT2D eigenvalue weighted by molar-refractivity contribution is 5.35. The number of benzene rings is 1. The molecule has 1 N–H and O–H groups in total. The van der Waals surface area contributed by atoms with Crippen LogP contribution in [0.1, 0.15) is 24.6 Å². The Hall–Kier alpha value is -1.82. The maximum atomic E-state index is 12.5. The highest BCUT2D eigenvalue weighted by atomic mass is 19.4. The van der Waals surface area contributed by atoms with Crippen molar-refractivity contribution in [2.24, 2.45) is 0 Å². The zero-order valence-corrected chi connectivity index (χ0v) is 11.1. The van der Waals surface area contributed by atoms with E-state index in [1.54, 1.807) is 10.9 Å². The van der Waals surface area contributed by atoms with Crippen molar-refractivity contribution < 1.29 is 13.2 Å². The standard InChI is InChI=1S/C14H16F3N3/c1-2-8-18-10-12-7-9-20(19-12)13-5-3-11(4-6-13)14(15,16)17/h3-7,9,18H,2,8,10H2,1H3. The van der Waals surface area contributed by atoms with Crippen molar-refractivity contribution >= 4 is 0 Å². The molecule has 6 heteroatoms. The van der Waals surface area contributed by atoms with Crippen LogP contribution in [0, 0.1) is 0 Å². The second-order valence-corrected chi connectivity index (χ2v) is 4.47. The summed E-state index contributed by atoms with van der Waals surface area (Å²) in [6.45, 7) is 3.64. The zero-order chi connectivity index (χ0) is 14.6. The van der Waals surface area contributed by atoms with Crippen molar-refractivity contribution in [3.8, 4) is 5.69 Å². The molecule has 0 fully saturated rings. The number of hydrogen-bond acceptors (Lipinski definition) is 2. The SMILES string of the molecule is CCCNCc1ccn(-c2ccc(C(F)(F)F)cc2)n1. The van der Waals surface area contributed by atoms with Gasteiger partial charge in [-0.05, 0) is 43.3 Å². The molecule has 0 atom stereocenters. The summed E-state index contributed by atoms with van der Waals surface area (Å²) >= 11 is 0. The van der Waals surface area contributed by atoms with Gasteiger partial charge in [0.1, 0.15) is 0 Å². The Labute approximate surface area is 115 Å². The van der Waals surface area contributed by atoms with Crippen molar-refractivity contribution in [2.45, 2.75) is 26.1 Å². The molecule has 0 saturated heterocycles. The normalized spacial score (nSPS) is 11.8. The van der Waals surface area contributed by atoms with E-state index in [0.29, 0.717) is 12.2 Å². The van der Waals surface area contributed by atoms with Gasteiger partial charge in [0.15, 0.2) is 0 Å².